The molecular formula is C34H44Cl2N6O. The van der Waals surface area contributed by atoms with Gasteiger partial charge in [0.25, 0.3) is 5.56 Å². The van der Waals surface area contributed by atoms with E-state index in [0.29, 0.717) is 56.8 Å². The van der Waals surface area contributed by atoms with E-state index in [1.165, 1.54) is 6.42 Å². The van der Waals surface area contributed by atoms with Crippen molar-refractivity contribution in [1.29, 1.82) is 0 Å². The lowest BCUT2D eigenvalue weighted by Crippen LogP contribution is -2.59. The first-order valence-corrected chi connectivity index (χ1v) is 16.5. The molecule has 3 saturated carbocycles. The summed E-state index contributed by atoms with van der Waals surface area (Å²) in [4.78, 5) is 26.1. The summed E-state index contributed by atoms with van der Waals surface area (Å²) in [5.74, 6) is 2.95. The summed E-state index contributed by atoms with van der Waals surface area (Å²) in [6.45, 7) is 15.5. The number of halogens is 2. The minimum Gasteiger partial charge on any atom is -0.340 e. The van der Waals surface area contributed by atoms with E-state index in [1.54, 1.807) is 17.0 Å². The van der Waals surface area contributed by atoms with Gasteiger partial charge in [0.2, 0.25) is 0 Å². The first-order valence-electron chi connectivity index (χ1n) is 15.7. The number of nitrogens with one attached hydrogen (secondary N) is 2. The SMILES string of the molecule is C[C@@H]1[C@@H](N=C(Nc2ccc3c(=O)n([C@H](C)Cc4ccc(Cl)cc4Cl)cnc3c2)N2C[C@@H](C)N[C@@H](C)C2)C[C@@H]2C[C@H]1C2(C)C. The van der Waals surface area contributed by atoms with Crippen LogP contribution in [0.5, 0.6) is 0 Å². The third-order valence-electron chi connectivity index (χ3n) is 10.5. The third-order valence-corrected chi connectivity index (χ3v) is 11.1. The molecule has 0 amide bonds. The van der Waals surface area contributed by atoms with E-state index in [2.05, 4.69) is 50.2 Å². The van der Waals surface area contributed by atoms with E-state index in [-0.39, 0.29) is 11.6 Å². The normalized spacial score (nSPS) is 29.3. The van der Waals surface area contributed by atoms with Crippen LogP contribution in [0.25, 0.3) is 10.9 Å². The molecule has 0 spiro atoms. The van der Waals surface area contributed by atoms with Gasteiger partial charge < -0.3 is 15.5 Å². The van der Waals surface area contributed by atoms with Crippen molar-refractivity contribution < 1.29 is 0 Å². The van der Waals surface area contributed by atoms with Crippen molar-refractivity contribution in [2.45, 2.75) is 85.0 Å². The molecule has 4 fully saturated rings. The van der Waals surface area contributed by atoms with Crippen LogP contribution in [0.15, 0.2) is 52.5 Å². The molecule has 4 aliphatic rings. The Hall–Kier alpha value is -2.61. The van der Waals surface area contributed by atoms with Crippen molar-refractivity contribution in [3.63, 3.8) is 0 Å². The molecule has 9 heteroatoms. The van der Waals surface area contributed by atoms with Gasteiger partial charge in [0.05, 0.1) is 23.3 Å². The minimum absolute atomic E-state index is 0.0642. The average Bonchev–Trinajstić information content (AvgIpc) is 2.94. The van der Waals surface area contributed by atoms with Gasteiger partial charge in [0, 0.05) is 46.9 Å². The topological polar surface area (TPSA) is 74.5 Å². The van der Waals surface area contributed by atoms with Crippen molar-refractivity contribution in [3.8, 4) is 0 Å². The minimum atomic E-state index is -0.120. The van der Waals surface area contributed by atoms with Crippen molar-refractivity contribution >= 4 is 45.8 Å². The maximum atomic E-state index is 13.5. The molecule has 0 unspecified atom stereocenters. The van der Waals surface area contributed by atoms with E-state index >= 15 is 0 Å². The Morgan fingerprint density at radius 1 is 1.12 bits per heavy atom. The van der Waals surface area contributed by atoms with E-state index in [0.717, 1.165) is 48.6 Å². The highest BCUT2D eigenvalue weighted by Gasteiger charge is 2.56. The molecule has 7 nitrogen and oxygen atoms in total. The molecule has 3 aliphatic carbocycles. The lowest BCUT2D eigenvalue weighted by atomic mass is 9.45. The van der Waals surface area contributed by atoms with Crippen LogP contribution in [0.3, 0.4) is 0 Å². The van der Waals surface area contributed by atoms with Crippen molar-refractivity contribution in [2.24, 2.45) is 28.2 Å². The molecule has 3 aromatic rings. The lowest BCUT2D eigenvalue weighted by Gasteiger charge is -2.61. The molecule has 2 heterocycles. The fourth-order valence-corrected chi connectivity index (χ4v) is 8.39. The van der Waals surface area contributed by atoms with E-state index in [9.17, 15) is 4.79 Å². The second-order valence-electron chi connectivity index (χ2n) is 14.0. The number of hydrogen-bond acceptors (Lipinski definition) is 4. The largest absolute Gasteiger partial charge is 0.340 e. The van der Waals surface area contributed by atoms with Crippen LogP contribution in [0.4, 0.5) is 5.69 Å². The van der Waals surface area contributed by atoms with E-state index < -0.39 is 0 Å². The van der Waals surface area contributed by atoms with E-state index in [4.69, 9.17) is 33.2 Å². The number of nitrogens with zero attached hydrogens (tertiary/aromatic N) is 4. The van der Waals surface area contributed by atoms with Gasteiger partial charge in [-0.2, -0.15) is 0 Å². The molecule has 7 atom stereocenters. The summed E-state index contributed by atoms with van der Waals surface area (Å²) >= 11 is 12.5. The number of aromatic nitrogens is 2. The molecule has 1 aliphatic heterocycles. The fraction of sp³-hybridized carbons (Fsp3) is 0.559. The molecule has 2 aromatic carbocycles. The Bertz CT molecular complexity index is 1590. The zero-order chi connectivity index (χ0) is 30.6. The van der Waals surface area contributed by atoms with Gasteiger partial charge >= 0.3 is 0 Å². The van der Waals surface area contributed by atoms with Gasteiger partial charge in [0.15, 0.2) is 5.96 Å². The van der Waals surface area contributed by atoms with Crippen LogP contribution in [-0.2, 0) is 6.42 Å². The maximum Gasteiger partial charge on any atom is 0.261 e. The summed E-state index contributed by atoms with van der Waals surface area (Å²) in [6, 6.07) is 12.2. The van der Waals surface area contributed by atoms with Crippen LogP contribution in [0.1, 0.15) is 66.0 Å². The zero-order valence-corrected chi connectivity index (χ0v) is 27.6. The molecule has 7 rings (SSSR count). The molecule has 1 saturated heterocycles. The highest BCUT2D eigenvalue weighted by atomic mass is 35.5. The van der Waals surface area contributed by atoms with Gasteiger partial charge in [-0.25, -0.2) is 9.98 Å². The molecular weight excluding hydrogens is 579 g/mol. The summed E-state index contributed by atoms with van der Waals surface area (Å²) in [6.07, 6.45) is 4.73. The predicted molar refractivity (Wildman–Crippen MR) is 179 cm³/mol. The number of rotatable bonds is 5. The van der Waals surface area contributed by atoms with Crippen LogP contribution in [0.2, 0.25) is 10.0 Å². The first kappa shape index (κ1) is 30.4. The first-order chi connectivity index (χ1) is 20.4. The van der Waals surface area contributed by atoms with Gasteiger partial charge in [-0.3, -0.25) is 9.36 Å². The second-order valence-corrected chi connectivity index (χ2v) is 14.8. The molecule has 230 valence electrons. The Kier molecular flexibility index (Phi) is 8.29. The van der Waals surface area contributed by atoms with Crippen LogP contribution in [-0.4, -0.2) is 51.6 Å². The molecule has 2 bridgehead atoms. The number of benzene rings is 2. The molecule has 1 aromatic heterocycles. The lowest BCUT2D eigenvalue weighted by molar-refractivity contribution is -0.108. The predicted octanol–water partition coefficient (Wildman–Crippen LogP) is 7.03. The Balaban J connectivity index is 1.26. The monoisotopic (exact) mass is 622 g/mol. The Morgan fingerprint density at radius 2 is 1.86 bits per heavy atom. The van der Waals surface area contributed by atoms with Crippen molar-refractivity contribution in [1.82, 2.24) is 19.8 Å². The standard InChI is InChI=1S/C34H44Cl2N6O/c1-19-16-41(17-20(2)38-19)33(40-30-13-24-12-28(22(30)4)34(24,5)6)39-26-9-10-27-31(15-26)37-18-42(32(27)43)21(3)11-23-7-8-25(35)14-29(23)36/h7-10,14-15,18-22,24,28,30,38H,11-13,16-17H2,1-6H3,(H,39,40)/t19-,20+,21-,22+,24+,28-,30+/m1/s1. The Morgan fingerprint density at radius 3 is 2.53 bits per heavy atom. The average molecular weight is 624 g/mol. The zero-order valence-electron chi connectivity index (χ0n) is 26.1. The molecule has 0 radical (unpaired) electrons. The molecule has 2 N–H and O–H groups in total. The summed E-state index contributed by atoms with van der Waals surface area (Å²) in [5, 5.41) is 9.11. The van der Waals surface area contributed by atoms with Gasteiger partial charge in [-0.1, -0.05) is 50.0 Å². The number of piperazine rings is 1. The van der Waals surface area contributed by atoms with Gasteiger partial charge in [-0.05, 0) is 99.1 Å². The van der Waals surface area contributed by atoms with Gasteiger partial charge in [0.1, 0.15) is 0 Å². The summed E-state index contributed by atoms with van der Waals surface area (Å²) in [7, 11) is 0. The van der Waals surface area contributed by atoms with Gasteiger partial charge in [-0.15, -0.1) is 0 Å². The molecule has 43 heavy (non-hydrogen) atoms. The number of guanidine groups is 1. The van der Waals surface area contributed by atoms with E-state index in [1.807, 2.05) is 37.3 Å². The second kappa shape index (κ2) is 11.7. The number of hydrogen-bond donors (Lipinski definition) is 2. The quantitative estimate of drug-likeness (QED) is 0.236. The fourth-order valence-electron chi connectivity index (χ4n) is 7.90. The van der Waals surface area contributed by atoms with Crippen LogP contribution < -0.4 is 16.2 Å². The van der Waals surface area contributed by atoms with Crippen LogP contribution >= 0.6 is 23.2 Å². The number of fused-ring (bicyclic) bond motifs is 3. The maximum absolute atomic E-state index is 13.5. The third kappa shape index (κ3) is 5.93. The van der Waals surface area contributed by atoms with Crippen molar-refractivity contribution in [3.05, 3.63) is 68.7 Å². The van der Waals surface area contributed by atoms with Crippen LogP contribution in [0, 0.1) is 23.2 Å². The Labute approximate surface area is 265 Å². The van der Waals surface area contributed by atoms with Crippen molar-refractivity contribution in [2.75, 3.05) is 18.4 Å². The highest BCUT2D eigenvalue weighted by molar-refractivity contribution is 6.35. The highest BCUT2D eigenvalue weighted by Crippen LogP contribution is 2.61. The summed E-state index contributed by atoms with van der Waals surface area (Å²) in [5.41, 5.74) is 2.86. The smallest absolute Gasteiger partial charge is 0.261 e. The number of anilines is 1. The number of aliphatic imine (C=N–C) groups is 1. The summed E-state index contributed by atoms with van der Waals surface area (Å²) < 4.78 is 1.69.